The lowest BCUT2D eigenvalue weighted by Gasteiger charge is -2.35. The van der Waals surface area contributed by atoms with E-state index >= 15 is 0 Å². The van der Waals surface area contributed by atoms with Gasteiger partial charge in [-0.2, -0.15) is 0 Å². The lowest BCUT2D eigenvalue weighted by molar-refractivity contribution is -0.144. The summed E-state index contributed by atoms with van der Waals surface area (Å²) in [5.41, 5.74) is 5.60. The molecule has 0 saturated heterocycles. The molecular weight excluding hydrogens is 436 g/mol. The maximum absolute atomic E-state index is 13.6. The molecule has 8 nitrogen and oxygen atoms in total. The van der Waals surface area contributed by atoms with E-state index in [4.69, 9.17) is 19.9 Å². The molecule has 34 heavy (non-hydrogen) atoms. The second-order valence-electron chi connectivity index (χ2n) is 8.07. The number of allylic oxidation sites excluding steroid dienone is 1. The summed E-state index contributed by atoms with van der Waals surface area (Å²) >= 11 is 0. The van der Waals surface area contributed by atoms with Crippen LogP contribution >= 0.6 is 0 Å². The number of fused-ring (bicyclic) bond motifs is 2. The number of hydrogen-bond donors (Lipinski definition) is 2. The SMILES string of the molecule is CCCCOC(=O)C1=C(N)OC(C)=C(C(=O)OCc2ccccc2)[C@@]12C(=O)Nc1ccccc12. The Bertz CT molecular complexity index is 1200. The molecule has 2 aliphatic heterocycles. The van der Waals surface area contributed by atoms with Crippen molar-refractivity contribution in [2.45, 2.75) is 38.7 Å². The number of para-hydroxylation sites is 1. The van der Waals surface area contributed by atoms with Gasteiger partial charge in [0.25, 0.3) is 0 Å². The third kappa shape index (κ3) is 3.81. The summed E-state index contributed by atoms with van der Waals surface area (Å²) in [7, 11) is 0. The number of esters is 2. The highest BCUT2D eigenvalue weighted by atomic mass is 16.5. The van der Waals surface area contributed by atoms with Crippen molar-refractivity contribution in [3.8, 4) is 0 Å². The largest absolute Gasteiger partial charge is 0.462 e. The van der Waals surface area contributed by atoms with Gasteiger partial charge in [0.2, 0.25) is 11.8 Å². The number of hydrogen-bond acceptors (Lipinski definition) is 7. The number of rotatable bonds is 7. The third-order valence-electron chi connectivity index (χ3n) is 5.88. The monoisotopic (exact) mass is 462 g/mol. The van der Waals surface area contributed by atoms with E-state index in [1.807, 2.05) is 37.3 Å². The number of ether oxygens (including phenoxy) is 3. The van der Waals surface area contributed by atoms with Crippen molar-refractivity contribution < 1.29 is 28.6 Å². The van der Waals surface area contributed by atoms with Crippen LogP contribution in [0.4, 0.5) is 5.69 Å². The highest BCUT2D eigenvalue weighted by Gasteiger charge is 2.61. The maximum atomic E-state index is 13.6. The van der Waals surface area contributed by atoms with Crippen LogP contribution in [0, 0.1) is 0 Å². The Morgan fingerprint density at radius 1 is 1.00 bits per heavy atom. The standard InChI is InChI=1S/C26H26N2O6/c1-3-4-14-32-24(30)21-22(27)34-16(2)20(23(29)33-15-17-10-6-5-7-11-17)26(21)18-12-8-9-13-19(18)28-25(26)31/h5-13H,3-4,14-15,27H2,1-2H3,(H,28,31)/t26-/m1/s1. The molecule has 3 N–H and O–H groups in total. The molecule has 0 radical (unpaired) electrons. The molecular formula is C26H26N2O6. The van der Waals surface area contributed by atoms with Crippen molar-refractivity contribution in [3.63, 3.8) is 0 Å². The molecule has 0 aliphatic carbocycles. The van der Waals surface area contributed by atoms with Gasteiger partial charge < -0.3 is 25.3 Å². The van der Waals surface area contributed by atoms with Gasteiger partial charge in [0, 0.05) is 11.3 Å². The molecule has 4 rings (SSSR count). The van der Waals surface area contributed by atoms with E-state index in [1.165, 1.54) is 6.92 Å². The van der Waals surface area contributed by atoms with Crippen LogP contribution in [0.3, 0.4) is 0 Å². The molecule has 0 bridgehead atoms. The fourth-order valence-electron chi connectivity index (χ4n) is 4.32. The second-order valence-corrected chi connectivity index (χ2v) is 8.07. The van der Waals surface area contributed by atoms with Gasteiger partial charge >= 0.3 is 11.9 Å². The minimum absolute atomic E-state index is 0.0225. The molecule has 1 spiro atoms. The number of benzene rings is 2. The van der Waals surface area contributed by atoms with E-state index < -0.39 is 23.3 Å². The van der Waals surface area contributed by atoms with Crippen LogP contribution in [0.25, 0.3) is 0 Å². The van der Waals surface area contributed by atoms with E-state index in [1.54, 1.807) is 24.3 Å². The Kier molecular flexibility index (Phi) is 6.40. The first-order chi connectivity index (χ1) is 16.4. The average molecular weight is 463 g/mol. The second kappa shape index (κ2) is 9.43. The summed E-state index contributed by atoms with van der Waals surface area (Å²) in [5.74, 6) is -2.43. The predicted octanol–water partition coefficient (Wildman–Crippen LogP) is 3.44. The number of unbranched alkanes of at least 4 members (excludes halogenated alkanes) is 1. The molecule has 2 aliphatic rings. The zero-order valence-electron chi connectivity index (χ0n) is 19.1. The molecule has 0 unspecified atom stereocenters. The van der Waals surface area contributed by atoms with Crippen molar-refractivity contribution in [3.05, 3.63) is 88.5 Å². The minimum atomic E-state index is -1.86. The predicted molar refractivity (Wildman–Crippen MR) is 124 cm³/mol. The first-order valence-electron chi connectivity index (χ1n) is 11.1. The molecule has 2 aromatic rings. The summed E-state index contributed by atoms with van der Waals surface area (Å²) in [4.78, 5) is 40.4. The zero-order valence-corrected chi connectivity index (χ0v) is 19.1. The van der Waals surface area contributed by atoms with Crippen molar-refractivity contribution >= 4 is 23.5 Å². The lowest BCUT2D eigenvalue weighted by Crippen LogP contribution is -2.48. The fraction of sp³-hybridized carbons (Fsp3) is 0.269. The Hall–Kier alpha value is -4.07. The van der Waals surface area contributed by atoms with E-state index in [0.29, 0.717) is 17.7 Å². The molecule has 0 aromatic heterocycles. The van der Waals surface area contributed by atoms with Gasteiger partial charge in [0.05, 0.1) is 6.61 Å². The molecule has 176 valence electrons. The van der Waals surface area contributed by atoms with Gasteiger partial charge in [-0.1, -0.05) is 61.9 Å². The molecule has 8 heteroatoms. The van der Waals surface area contributed by atoms with Gasteiger partial charge in [0.1, 0.15) is 28.9 Å². The van der Waals surface area contributed by atoms with Crippen molar-refractivity contribution in [1.29, 1.82) is 0 Å². The lowest BCUT2D eigenvalue weighted by atomic mass is 9.67. The molecule has 0 fully saturated rings. The maximum Gasteiger partial charge on any atom is 0.341 e. The molecule has 1 amide bonds. The Labute approximate surface area is 197 Å². The average Bonchev–Trinajstić information content (AvgIpc) is 3.10. The first kappa shape index (κ1) is 23.1. The molecule has 2 aromatic carbocycles. The van der Waals surface area contributed by atoms with E-state index in [-0.39, 0.29) is 36.0 Å². The Morgan fingerprint density at radius 3 is 2.41 bits per heavy atom. The fourth-order valence-corrected chi connectivity index (χ4v) is 4.32. The van der Waals surface area contributed by atoms with E-state index in [2.05, 4.69) is 5.32 Å². The number of amides is 1. The van der Waals surface area contributed by atoms with Crippen LogP contribution in [-0.2, 0) is 40.6 Å². The van der Waals surface area contributed by atoms with Gasteiger partial charge in [-0.25, -0.2) is 9.59 Å². The summed E-state index contributed by atoms with van der Waals surface area (Å²) in [6, 6.07) is 16.0. The first-order valence-corrected chi connectivity index (χ1v) is 11.1. The quantitative estimate of drug-likeness (QED) is 0.478. The van der Waals surface area contributed by atoms with E-state index in [9.17, 15) is 14.4 Å². The van der Waals surface area contributed by atoms with Crippen LogP contribution < -0.4 is 11.1 Å². The molecule has 0 saturated carbocycles. The molecule has 2 heterocycles. The van der Waals surface area contributed by atoms with Gasteiger partial charge in [-0.3, -0.25) is 4.79 Å². The Balaban J connectivity index is 1.82. The van der Waals surface area contributed by atoms with Crippen LogP contribution in [-0.4, -0.2) is 24.5 Å². The number of carbonyl (C=O) groups excluding carboxylic acids is 3. The van der Waals surface area contributed by atoms with Gasteiger partial charge in [0.15, 0.2) is 0 Å². The number of carbonyl (C=O) groups is 3. The summed E-state index contributed by atoms with van der Waals surface area (Å²) in [5, 5.41) is 2.78. The normalized spacial score (nSPS) is 18.9. The number of nitrogens with two attached hydrogens (primary N) is 1. The minimum Gasteiger partial charge on any atom is -0.462 e. The zero-order chi connectivity index (χ0) is 24.3. The van der Waals surface area contributed by atoms with Crippen LogP contribution in [0.15, 0.2) is 77.4 Å². The van der Waals surface area contributed by atoms with E-state index in [0.717, 1.165) is 12.0 Å². The number of anilines is 1. The highest BCUT2D eigenvalue weighted by molar-refractivity contribution is 6.21. The topological polar surface area (TPSA) is 117 Å². The van der Waals surface area contributed by atoms with Crippen molar-refractivity contribution in [1.82, 2.24) is 0 Å². The van der Waals surface area contributed by atoms with Crippen LogP contribution in [0.5, 0.6) is 0 Å². The Morgan fingerprint density at radius 2 is 1.68 bits per heavy atom. The summed E-state index contributed by atoms with van der Waals surface area (Å²) in [6.45, 7) is 3.59. The highest BCUT2D eigenvalue weighted by Crippen LogP contribution is 2.52. The summed E-state index contributed by atoms with van der Waals surface area (Å²) in [6.07, 6.45) is 1.44. The smallest absolute Gasteiger partial charge is 0.341 e. The van der Waals surface area contributed by atoms with Gasteiger partial charge in [-0.15, -0.1) is 0 Å². The van der Waals surface area contributed by atoms with Gasteiger partial charge in [-0.05, 0) is 25.0 Å². The third-order valence-corrected chi connectivity index (χ3v) is 5.88. The van der Waals surface area contributed by atoms with Crippen molar-refractivity contribution in [2.75, 3.05) is 11.9 Å². The molecule has 1 atom stereocenters. The van der Waals surface area contributed by atoms with Crippen LogP contribution in [0.2, 0.25) is 0 Å². The summed E-state index contributed by atoms with van der Waals surface area (Å²) < 4.78 is 16.6. The van der Waals surface area contributed by atoms with Crippen LogP contribution in [0.1, 0.15) is 37.8 Å². The number of nitrogens with one attached hydrogen (secondary N) is 1. The van der Waals surface area contributed by atoms with Crippen molar-refractivity contribution in [2.24, 2.45) is 5.73 Å².